The van der Waals surface area contributed by atoms with Crippen molar-refractivity contribution in [2.24, 2.45) is 0 Å². The number of nitrogens with zero attached hydrogens (tertiary/aromatic N) is 3. The van der Waals surface area contributed by atoms with Gasteiger partial charge in [0.25, 0.3) is 5.91 Å². The lowest BCUT2D eigenvalue weighted by atomic mass is 9.93. The number of rotatable bonds is 2. The van der Waals surface area contributed by atoms with E-state index in [4.69, 9.17) is 4.74 Å². The summed E-state index contributed by atoms with van der Waals surface area (Å²) in [5.41, 5.74) is 6.06. The molecule has 0 spiro atoms. The van der Waals surface area contributed by atoms with Crippen molar-refractivity contribution in [3.05, 3.63) is 71.5 Å². The SMILES string of the molecule is Cc1c(C(=O)N2Cc3ccccc3-c3ccccc32)cnn1C1CCOCC1. The Morgan fingerprint density at radius 1 is 1.04 bits per heavy atom. The number of carbonyl (C=O) groups excluding carboxylic acids is 1. The quantitative estimate of drug-likeness (QED) is 0.670. The van der Waals surface area contributed by atoms with Gasteiger partial charge in [0.1, 0.15) is 0 Å². The second-order valence-corrected chi connectivity index (χ2v) is 7.50. The largest absolute Gasteiger partial charge is 0.381 e. The van der Waals surface area contributed by atoms with Gasteiger partial charge in [0, 0.05) is 24.5 Å². The van der Waals surface area contributed by atoms with Crippen molar-refractivity contribution in [2.45, 2.75) is 32.4 Å². The Bertz CT molecular complexity index is 1030. The molecular formula is C23H23N3O2. The molecule has 1 fully saturated rings. The highest BCUT2D eigenvalue weighted by molar-refractivity contribution is 6.09. The topological polar surface area (TPSA) is 47.4 Å². The molecule has 142 valence electrons. The second-order valence-electron chi connectivity index (χ2n) is 7.50. The minimum Gasteiger partial charge on any atom is -0.381 e. The highest BCUT2D eigenvalue weighted by Crippen LogP contribution is 2.39. The number of anilines is 1. The Labute approximate surface area is 164 Å². The van der Waals surface area contributed by atoms with Crippen molar-refractivity contribution in [2.75, 3.05) is 18.1 Å². The maximum Gasteiger partial charge on any atom is 0.262 e. The summed E-state index contributed by atoms with van der Waals surface area (Å²) in [6.45, 7) is 4.08. The van der Waals surface area contributed by atoms with Crippen LogP contribution >= 0.6 is 0 Å². The van der Waals surface area contributed by atoms with Crippen molar-refractivity contribution < 1.29 is 9.53 Å². The minimum absolute atomic E-state index is 0.0118. The lowest BCUT2D eigenvalue weighted by Crippen LogP contribution is -2.33. The van der Waals surface area contributed by atoms with E-state index in [0.29, 0.717) is 18.2 Å². The standard InChI is InChI=1S/C23H23N3O2/c1-16-21(14-24-26(16)18-10-12-28-13-11-18)23(27)25-15-17-6-2-3-7-19(17)20-8-4-5-9-22(20)25/h2-9,14,18H,10-13,15H2,1H3. The summed E-state index contributed by atoms with van der Waals surface area (Å²) in [5.74, 6) is 0.0118. The number of hydrogen-bond donors (Lipinski definition) is 0. The van der Waals surface area contributed by atoms with Crippen LogP contribution in [0.15, 0.2) is 54.7 Å². The predicted octanol–water partition coefficient (Wildman–Crippen LogP) is 4.37. The van der Waals surface area contributed by atoms with Crippen LogP contribution in [-0.4, -0.2) is 28.9 Å². The average molecular weight is 373 g/mol. The summed E-state index contributed by atoms with van der Waals surface area (Å²) in [5, 5.41) is 4.57. The smallest absolute Gasteiger partial charge is 0.262 e. The van der Waals surface area contributed by atoms with Crippen LogP contribution in [-0.2, 0) is 11.3 Å². The van der Waals surface area contributed by atoms with Crippen LogP contribution in [0.2, 0.25) is 0 Å². The Hall–Kier alpha value is -2.92. The van der Waals surface area contributed by atoms with E-state index in [1.165, 1.54) is 11.1 Å². The maximum atomic E-state index is 13.5. The van der Waals surface area contributed by atoms with Crippen LogP contribution in [0.3, 0.4) is 0 Å². The van der Waals surface area contributed by atoms with E-state index in [2.05, 4.69) is 29.4 Å². The third-order valence-corrected chi connectivity index (χ3v) is 5.89. The predicted molar refractivity (Wildman–Crippen MR) is 108 cm³/mol. The molecule has 0 bridgehead atoms. The molecule has 0 aliphatic carbocycles. The fraction of sp³-hybridized carbons (Fsp3) is 0.304. The summed E-state index contributed by atoms with van der Waals surface area (Å²) < 4.78 is 7.48. The van der Waals surface area contributed by atoms with Gasteiger partial charge in [-0.2, -0.15) is 5.10 Å². The summed E-state index contributed by atoms with van der Waals surface area (Å²) in [4.78, 5) is 15.4. The van der Waals surface area contributed by atoms with Crippen LogP contribution in [0.25, 0.3) is 11.1 Å². The van der Waals surface area contributed by atoms with Gasteiger partial charge in [-0.1, -0.05) is 42.5 Å². The molecule has 0 atom stereocenters. The zero-order chi connectivity index (χ0) is 19.1. The van der Waals surface area contributed by atoms with Crippen LogP contribution < -0.4 is 4.90 Å². The highest BCUT2D eigenvalue weighted by Gasteiger charge is 2.29. The highest BCUT2D eigenvalue weighted by atomic mass is 16.5. The van der Waals surface area contributed by atoms with E-state index in [1.807, 2.05) is 40.8 Å². The van der Waals surface area contributed by atoms with Gasteiger partial charge >= 0.3 is 0 Å². The number of para-hydroxylation sites is 1. The summed E-state index contributed by atoms with van der Waals surface area (Å²) in [6.07, 6.45) is 3.61. The molecule has 0 radical (unpaired) electrons. The molecule has 1 saturated heterocycles. The number of benzene rings is 2. The Balaban J connectivity index is 1.52. The molecule has 5 rings (SSSR count). The van der Waals surface area contributed by atoms with Crippen LogP contribution in [0.1, 0.15) is 40.5 Å². The van der Waals surface area contributed by atoms with E-state index in [9.17, 15) is 4.79 Å². The van der Waals surface area contributed by atoms with Gasteiger partial charge in [-0.15, -0.1) is 0 Å². The number of aromatic nitrogens is 2. The first kappa shape index (κ1) is 17.2. The molecular weight excluding hydrogens is 350 g/mol. The number of fused-ring (bicyclic) bond motifs is 3. The zero-order valence-electron chi connectivity index (χ0n) is 16.0. The number of carbonyl (C=O) groups is 1. The Morgan fingerprint density at radius 3 is 2.57 bits per heavy atom. The number of ether oxygens (including phenoxy) is 1. The van der Waals surface area contributed by atoms with Crippen LogP contribution in [0.5, 0.6) is 0 Å². The summed E-state index contributed by atoms with van der Waals surface area (Å²) >= 11 is 0. The van der Waals surface area contributed by atoms with E-state index < -0.39 is 0 Å². The first-order valence-electron chi connectivity index (χ1n) is 9.85. The normalized spacial score (nSPS) is 16.5. The van der Waals surface area contributed by atoms with Crippen LogP contribution in [0, 0.1) is 6.92 Å². The molecule has 28 heavy (non-hydrogen) atoms. The third-order valence-electron chi connectivity index (χ3n) is 5.89. The average Bonchev–Trinajstić information content (AvgIpc) is 3.14. The van der Waals surface area contributed by atoms with Gasteiger partial charge in [0.2, 0.25) is 0 Å². The molecule has 2 aliphatic rings. The molecule has 3 aromatic rings. The van der Waals surface area contributed by atoms with Crippen molar-refractivity contribution in [3.8, 4) is 11.1 Å². The van der Waals surface area contributed by atoms with Gasteiger partial charge in [-0.25, -0.2) is 0 Å². The molecule has 3 heterocycles. The lowest BCUT2D eigenvalue weighted by Gasteiger charge is -2.31. The fourth-order valence-corrected chi connectivity index (χ4v) is 4.37. The third kappa shape index (κ3) is 2.74. The van der Waals surface area contributed by atoms with E-state index >= 15 is 0 Å². The molecule has 1 aromatic heterocycles. The molecule has 2 aromatic carbocycles. The number of amides is 1. The number of hydrogen-bond acceptors (Lipinski definition) is 3. The van der Waals surface area contributed by atoms with Gasteiger partial charge in [-0.3, -0.25) is 9.48 Å². The van der Waals surface area contributed by atoms with Gasteiger partial charge in [-0.05, 0) is 37.0 Å². The summed E-state index contributed by atoms with van der Waals surface area (Å²) in [7, 11) is 0. The molecule has 2 aliphatic heterocycles. The first-order chi connectivity index (χ1) is 13.7. The summed E-state index contributed by atoms with van der Waals surface area (Å²) in [6, 6.07) is 16.8. The minimum atomic E-state index is 0.0118. The van der Waals surface area contributed by atoms with Crippen LogP contribution in [0.4, 0.5) is 5.69 Å². The van der Waals surface area contributed by atoms with Crippen molar-refractivity contribution in [3.63, 3.8) is 0 Å². The van der Waals surface area contributed by atoms with Crippen molar-refractivity contribution in [1.82, 2.24) is 9.78 Å². The monoisotopic (exact) mass is 373 g/mol. The van der Waals surface area contributed by atoms with Gasteiger partial charge < -0.3 is 9.64 Å². The molecule has 5 heteroatoms. The van der Waals surface area contributed by atoms with Gasteiger partial charge in [0.05, 0.1) is 30.0 Å². The van der Waals surface area contributed by atoms with Crippen molar-refractivity contribution in [1.29, 1.82) is 0 Å². The van der Waals surface area contributed by atoms with E-state index in [0.717, 1.165) is 43.0 Å². The Morgan fingerprint density at radius 2 is 1.75 bits per heavy atom. The van der Waals surface area contributed by atoms with Crippen molar-refractivity contribution >= 4 is 11.6 Å². The fourth-order valence-electron chi connectivity index (χ4n) is 4.37. The maximum absolute atomic E-state index is 13.5. The van der Waals surface area contributed by atoms with Gasteiger partial charge in [0.15, 0.2) is 0 Å². The molecule has 0 saturated carbocycles. The molecule has 0 N–H and O–H groups in total. The Kier molecular flexibility index (Phi) is 4.24. The lowest BCUT2D eigenvalue weighted by molar-refractivity contribution is 0.0656. The zero-order valence-corrected chi connectivity index (χ0v) is 16.0. The molecule has 1 amide bonds. The second kappa shape index (κ2) is 6.91. The first-order valence-corrected chi connectivity index (χ1v) is 9.85. The van der Waals surface area contributed by atoms with E-state index in [-0.39, 0.29) is 5.91 Å². The van der Waals surface area contributed by atoms with E-state index in [1.54, 1.807) is 6.20 Å². The molecule has 0 unspecified atom stereocenters. The molecule has 5 nitrogen and oxygen atoms in total.